The summed E-state index contributed by atoms with van der Waals surface area (Å²) in [4.78, 5) is 42.1. The van der Waals surface area contributed by atoms with Crippen LogP contribution in [0.3, 0.4) is 0 Å². The van der Waals surface area contributed by atoms with Crippen LogP contribution in [-0.4, -0.2) is 52.1 Å². The SMILES string of the molecule is NC(=O)Nc1ccc(-c2ncc(-c3ccc(NC(=O)NC4CCN(C(=O)C(O)c5ccccc5)C4)cc3)o2)cc1. The van der Waals surface area contributed by atoms with Gasteiger partial charge >= 0.3 is 12.1 Å². The van der Waals surface area contributed by atoms with E-state index in [0.29, 0.717) is 48.1 Å². The lowest BCUT2D eigenvalue weighted by Gasteiger charge is -2.20. The smallest absolute Gasteiger partial charge is 0.319 e. The van der Waals surface area contributed by atoms with E-state index in [1.54, 1.807) is 83.9 Å². The van der Waals surface area contributed by atoms with Gasteiger partial charge in [0.05, 0.1) is 6.20 Å². The van der Waals surface area contributed by atoms with Gasteiger partial charge in [-0.05, 0) is 60.5 Å². The van der Waals surface area contributed by atoms with Crippen LogP contribution in [0, 0.1) is 0 Å². The van der Waals surface area contributed by atoms with Gasteiger partial charge in [-0.15, -0.1) is 0 Å². The molecule has 0 radical (unpaired) electrons. The minimum Gasteiger partial charge on any atom is -0.436 e. The second-order valence-corrected chi connectivity index (χ2v) is 9.36. The van der Waals surface area contributed by atoms with Gasteiger partial charge in [0.1, 0.15) is 0 Å². The standard InChI is InChI=1S/C29H28N6O5/c30-28(38)32-21-12-8-20(9-13-21)26-31-16-24(40-26)18-6-10-22(11-7-18)33-29(39)34-23-14-15-35(17-23)27(37)25(36)19-4-2-1-3-5-19/h1-13,16,23,25,36H,14-15,17H2,(H3,30,32,38)(H2,33,34,39). The molecule has 2 heterocycles. The Morgan fingerprint density at radius 1 is 0.925 bits per heavy atom. The average molecular weight is 541 g/mol. The Morgan fingerprint density at radius 3 is 2.25 bits per heavy atom. The summed E-state index contributed by atoms with van der Waals surface area (Å²) in [7, 11) is 0. The lowest BCUT2D eigenvalue weighted by molar-refractivity contribution is -0.139. The fourth-order valence-corrected chi connectivity index (χ4v) is 4.48. The number of nitrogens with two attached hydrogens (primary N) is 1. The predicted molar refractivity (Wildman–Crippen MR) is 149 cm³/mol. The van der Waals surface area contributed by atoms with Gasteiger partial charge in [0, 0.05) is 41.6 Å². The molecule has 4 aromatic rings. The fraction of sp³-hybridized carbons (Fsp3) is 0.172. The molecule has 40 heavy (non-hydrogen) atoms. The van der Waals surface area contributed by atoms with Crippen molar-refractivity contribution in [3.8, 4) is 22.8 Å². The van der Waals surface area contributed by atoms with Crippen LogP contribution in [0.4, 0.5) is 21.0 Å². The lowest BCUT2D eigenvalue weighted by Crippen LogP contribution is -2.41. The third-order valence-corrected chi connectivity index (χ3v) is 6.52. The molecule has 3 aromatic carbocycles. The second-order valence-electron chi connectivity index (χ2n) is 9.36. The molecular formula is C29H28N6O5. The number of hydrogen-bond acceptors (Lipinski definition) is 6. The van der Waals surface area contributed by atoms with E-state index in [9.17, 15) is 19.5 Å². The highest BCUT2D eigenvalue weighted by molar-refractivity contribution is 5.90. The average Bonchev–Trinajstić information content (AvgIpc) is 3.64. The first-order valence-corrected chi connectivity index (χ1v) is 12.7. The summed E-state index contributed by atoms with van der Waals surface area (Å²) in [6, 6.07) is 21.6. The minimum absolute atomic E-state index is 0.223. The van der Waals surface area contributed by atoms with Crippen LogP contribution >= 0.6 is 0 Å². The molecule has 2 atom stereocenters. The number of anilines is 2. The monoisotopic (exact) mass is 540 g/mol. The normalized spacial score (nSPS) is 15.3. The number of nitrogens with one attached hydrogen (secondary N) is 3. The maximum atomic E-state index is 12.7. The molecule has 0 spiro atoms. The number of hydrogen-bond donors (Lipinski definition) is 5. The van der Waals surface area contributed by atoms with Crippen LogP contribution in [0.25, 0.3) is 22.8 Å². The van der Waals surface area contributed by atoms with Gasteiger partial charge < -0.3 is 36.1 Å². The summed E-state index contributed by atoms with van der Waals surface area (Å²) >= 11 is 0. The van der Waals surface area contributed by atoms with Crippen molar-refractivity contribution < 1.29 is 23.9 Å². The van der Waals surface area contributed by atoms with E-state index in [0.717, 1.165) is 11.1 Å². The van der Waals surface area contributed by atoms with Crippen LogP contribution in [0.2, 0.25) is 0 Å². The highest BCUT2D eigenvalue weighted by Crippen LogP contribution is 2.28. The first-order valence-electron chi connectivity index (χ1n) is 12.7. The zero-order chi connectivity index (χ0) is 28.1. The third-order valence-electron chi connectivity index (χ3n) is 6.52. The molecule has 5 amide bonds. The van der Waals surface area contributed by atoms with E-state index in [2.05, 4.69) is 20.9 Å². The number of aliphatic hydroxyl groups excluding tert-OH is 1. The Hall–Kier alpha value is -5.16. The molecule has 1 aliphatic heterocycles. The Balaban J connectivity index is 1.13. The fourth-order valence-electron chi connectivity index (χ4n) is 4.48. The highest BCUT2D eigenvalue weighted by atomic mass is 16.4. The first-order chi connectivity index (χ1) is 19.4. The molecule has 0 bridgehead atoms. The number of aliphatic hydroxyl groups is 1. The van der Waals surface area contributed by atoms with Crippen molar-refractivity contribution in [3.05, 3.63) is 90.6 Å². The van der Waals surface area contributed by atoms with E-state index < -0.39 is 12.1 Å². The van der Waals surface area contributed by atoms with Crippen molar-refractivity contribution in [2.45, 2.75) is 18.6 Å². The predicted octanol–water partition coefficient (Wildman–Crippen LogP) is 3.96. The largest absolute Gasteiger partial charge is 0.436 e. The molecule has 11 nitrogen and oxygen atoms in total. The van der Waals surface area contributed by atoms with E-state index in [4.69, 9.17) is 10.2 Å². The molecule has 1 aromatic heterocycles. The van der Waals surface area contributed by atoms with Gasteiger partial charge in [-0.1, -0.05) is 30.3 Å². The molecule has 204 valence electrons. The Kier molecular flexibility index (Phi) is 7.74. The molecule has 1 aliphatic rings. The number of benzene rings is 3. The first kappa shape index (κ1) is 26.4. The maximum absolute atomic E-state index is 12.7. The quantitative estimate of drug-likeness (QED) is 0.238. The number of aromatic nitrogens is 1. The van der Waals surface area contributed by atoms with Crippen molar-refractivity contribution in [1.29, 1.82) is 0 Å². The van der Waals surface area contributed by atoms with Crippen LogP contribution in [0.5, 0.6) is 0 Å². The van der Waals surface area contributed by atoms with Crippen molar-refractivity contribution in [3.63, 3.8) is 0 Å². The number of carbonyl (C=O) groups is 3. The maximum Gasteiger partial charge on any atom is 0.319 e. The minimum atomic E-state index is -1.22. The van der Waals surface area contributed by atoms with E-state index >= 15 is 0 Å². The molecule has 5 rings (SSSR count). The second kappa shape index (κ2) is 11.7. The molecule has 1 fully saturated rings. The van der Waals surface area contributed by atoms with Crippen molar-refractivity contribution in [1.82, 2.24) is 15.2 Å². The summed E-state index contributed by atoms with van der Waals surface area (Å²) in [6.45, 7) is 0.781. The number of likely N-dealkylation sites (tertiary alicyclic amines) is 1. The summed E-state index contributed by atoms with van der Waals surface area (Å²) in [5.41, 5.74) is 8.33. The van der Waals surface area contributed by atoms with Gasteiger partial charge in [0.2, 0.25) is 5.89 Å². The number of carbonyl (C=O) groups excluding carboxylic acids is 3. The van der Waals surface area contributed by atoms with Crippen molar-refractivity contribution >= 4 is 29.3 Å². The van der Waals surface area contributed by atoms with Crippen LogP contribution in [0.1, 0.15) is 18.1 Å². The number of amides is 5. The van der Waals surface area contributed by atoms with E-state index in [1.807, 2.05) is 6.07 Å². The van der Waals surface area contributed by atoms with Crippen LogP contribution in [-0.2, 0) is 4.79 Å². The molecule has 0 aliphatic carbocycles. The number of urea groups is 2. The van der Waals surface area contributed by atoms with Crippen LogP contribution in [0.15, 0.2) is 89.5 Å². The van der Waals surface area contributed by atoms with E-state index in [1.165, 1.54) is 0 Å². The summed E-state index contributed by atoms with van der Waals surface area (Å²) in [5.74, 6) is 0.598. The zero-order valence-electron chi connectivity index (χ0n) is 21.4. The molecule has 2 unspecified atom stereocenters. The number of rotatable bonds is 7. The van der Waals surface area contributed by atoms with Crippen molar-refractivity contribution in [2.75, 3.05) is 23.7 Å². The number of primary amides is 1. The van der Waals surface area contributed by atoms with Gasteiger partial charge in [-0.3, -0.25) is 4.79 Å². The van der Waals surface area contributed by atoms with Crippen LogP contribution < -0.4 is 21.7 Å². The lowest BCUT2D eigenvalue weighted by atomic mass is 10.1. The molecule has 11 heteroatoms. The molecule has 0 saturated carbocycles. The summed E-state index contributed by atoms with van der Waals surface area (Å²) < 4.78 is 5.89. The third kappa shape index (κ3) is 6.27. The highest BCUT2D eigenvalue weighted by Gasteiger charge is 2.31. The van der Waals surface area contributed by atoms with E-state index in [-0.39, 0.29) is 18.0 Å². The number of nitrogens with zero attached hydrogens (tertiary/aromatic N) is 2. The van der Waals surface area contributed by atoms with Crippen molar-refractivity contribution in [2.24, 2.45) is 5.73 Å². The molecular weight excluding hydrogens is 512 g/mol. The Labute approximate surface area is 230 Å². The van der Waals surface area contributed by atoms with Gasteiger partial charge in [-0.2, -0.15) is 0 Å². The molecule has 1 saturated heterocycles. The Morgan fingerprint density at radius 2 is 1.57 bits per heavy atom. The zero-order valence-corrected chi connectivity index (χ0v) is 21.4. The van der Waals surface area contributed by atoms with Gasteiger partial charge in [-0.25, -0.2) is 14.6 Å². The molecule has 6 N–H and O–H groups in total. The summed E-state index contributed by atoms with van der Waals surface area (Å²) in [5, 5.41) is 18.6. The summed E-state index contributed by atoms with van der Waals surface area (Å²) in [6.07, 6.45) is 0.985. The Bertz CT molecular complexity index is 1490. The van der Waals surface area contributed by atoms with Gasteiger partial charge in [0.25, 0.3) is 5.91 Å². The van der Waals surface area contributed by atoms with Gasteiger partial charge in [0.15, 0.2) is 11.9 Å². The number of oxazole rings is 1. The topological polar surface area (TPSA) is 163 Å².